The standard InChI is InChI=1S/C25H24N4O/c30-25(28-21-13-5-4-12-20(21)18-9-2-1-3-10-18)29-16-8-11-19(17-29)24-26-22-14-6-7-15-23(22)27-24/h1-7,9-10,12-15,19H,8,11,16-17H2,(H,26,27)(H,28,30). The molecule has 1 saturated heterocycles. The van der Waals surface area contributed by atoms with Crippen LogP contribution < -0.4 is 5.32 Å². The maximum atomic E-state index is 13.1. The number of likely N-dealkylation sites (tertiary alicyclic amines) is 1. The first-order valence-corrected chi connectivity index (χ1v) is 10.4. The van der Waals surface area contributed by atoms with Gasteiger partial charge in [0.25, 0.3) is 0 Å². The van der Waals surface area contributed by atoms with Crippen molar-refractivity contribution in [3.05, 3.63) is 84.7 Å². The Morgan fingerprint density at radius 2 is 1.73 bits per heavy atom. The monoisotopic (exact) mass is 396 g/mol. The summed E-state index contributed by atoms with van der Waals surface area (Å²) in [6.07, 6.45) is 2.00. The third-order valence-corrected chi connectivity index (χ3v) is 5.76. The number of anilines is 1. The van der Waals surface area contributed by atoms with Crippen LogP contribution in [0.5, 0.6) is 0 Å². The average molecular weight is 396 g/mol. The molecule has 2 N–H and O–H groups in total. The van der Waals surface area contributed by atoms with E-state index in [1.807, 2.05) is 71.6 Å². The van der Waals surface area contributed by atoms with Crippen molar-refractivity contribution in [3.8, 4) is 11.1 Å². The summed E-state index contributed by atoms with van der Waals surface area (Å²) >= 11 is 0. The van der Waals surface area contributed by atoms with Gasteiger partial charge in [-0.1, -0.05) is 60.7 Å². The van der Waals surface area contributed by atoms with E-state index in [0.717, 1.165) is 53.1 Å². The Hall–Kier alpha value is -3.60. The number of hydrogen-bond donors (Lipinski definition) is 2. The minimum Gasteiger partial charge on any atom is -0.342 e. The summed E-state index contributed by atoms with van der Waals surface area (Å²) in [5.41, 5.74) is 4.97. The third kappa shape index (κ3) is 3.66. The topological polar surface area (TPSA) is 61.0 Å². The average Bonchev–Trinajstić information content (AvgIpc) is 3.25. The lowest BCUT2D eigenvalue weighted by atomic mass is 9.97. The number of H-pyrrole nitrogens is 1. The number of nitrogens with zero attached hydrogens (tertiary/aromatic N) is 2. The lowest BCUT2D eigenvalue weighted by Gasteiger charge is -2.32. The molecule has 30 heavy (non-hydrogen) atoms. The van der Waals surface area contributed by atoms with E-state index in [-0.39, 0.29) is 11.9 Å². The Labute approximate surface area is 175 Å². The van der Waals surface area contributed by atoms with Crippen LogP contribution in [0.2, 0.25) is 0 Å². The summed E-state index contributed by atoms with van der Waals surface area (Å²) in [4.78, 5) is 23.2. The van der Waals surface area contributed by atoms with Crippen LogP contribution >= 0.6 is 0 Å². The molecule has 4 aromatic rings. The van der Waals surface area contributed by atoms with Gasteiger partial charge in [-0.3, -0.25) is 0 Å². The van der Waals surface area contributed by atoms with Gasteiger partial charge in [-0.2, -0.15) is 0 Å². The number of carbonyl (C=O) groups is 1. The zero-order valence-corrected chi connectivity index (χ0v) is 16.7. The molecule has 5 nitrogen and oxygen atoms in total. The molecule has 0 aliphatic carbocycles. The lowest BCUT2D eigenvalue weighted by molar-refractivity contribution is 0.191. The van der Waals surface area contributed by atoms with Gasteiger partial charge >= 0.3 is 6.03 Å². The molecule has 3 aromatic carbocycles. The number of rotatable bonds is 3. The van der Waals surface area contributed by atoms with E-state index >= 15 is 0 Å². The van der Waals surface area contributed by atoms with Gasteiger partial charge in [0, 0.05) is 24.6 Å². The summed E-state index contributed by atoms with van der Waals surface area (Å²) in [6.45, 7) is 1.43. The van der Waals surface area contributed by atoms with Gasteiger partial charge in [0.15, 0.2) is 0 Å². The molecule has 0 spiro atoms. The van der Waals surface area contributed by atoms with Crippen LogP contribution in [0.3, 0.4) is 0 Å². The first kappa shape index (κ1) is 18.4. The minimum atomic E-state index is -0.0563. The predicted octanol–water partition coefficient (Wildman–Crippen LogP) is 5.64. The molecule has 0 radical (unpaired) electrons. The number of aromatic amines is 1. The van der Waals surface area contributed by atoms with Crippen molar-refractivity contribution in [1.29, 1.82) is 0 Å². The van der Waals surface area contributed by atoms with E-state index < -0.39 is 0 Å². The van der Waals surface area contributed by atoms with Crippen LogP contribution in [0.25, 0.3) is 22.2 Å². The smallest absolute Gasteiger partial charge is 0.321 e. The molecule has 1 unspecified atom stereocenters. The zero-order chi connectivity index (χ0) is 20.3. The number of urea groups is 1. The molecule has 5 heteroatoms. The number of para-hydroxylation sites is 3. The van der Waals surface area contributed by atoms with E-state index in [2.05, 4.69) is 22.4 Å². The fourth-order valence-corrected chi connectivity index (χ4v) is 4.21. The first-order chi connectivity index (χ1) is 14.8. The third-order valence-electron chi connectivity index (χ3n) is 5.76. The molecule has 0 saturated carbocycles. The normalized spacial score (nSPS) is 16.5. The highest BCUT2D eigenvalue weighted by Gasteiger charge is 2.27. The lowest BCUT2D eigenvalue weighted by Crippen LogP contribution is -2.41. The van der Waals surface area contributed by atoms with Crippen LogP contribution in [-0.2, 0) is 0 Å². The SMILES string of the molecule is O=C(Nc1ccccc1-c1ccccc1)N1CCCC(c2nc3ccccc3[nH]2)C1. The molecule has 5 rings (SSSR count). The van der Waals surface area contributed by atoms with Crippen LogP contribution in [-0.4, -0.2) is 34.0 Å². The molecule has 1 atom stereocenters. The predicted molar refractivity (Wildman–Crippen MR) is 121 cm³/mol. The van der Waals surface area contributed by atoms with E-state index in [1.165, 1.54) is 0 Å². The maximum absolute atomic E-state index is 13.1. The zero-order valence-electron chi connectivity index (χ0n) is 16.7. The quantitative estimate of drug-likeness (QED) is 0.471. The number of nitrogens with one attached hydrogen (secondary N) is 2. The molecule has 150 valence electrons. The van der Waals surface area contributed by atoms with E-state index in [9.17, 15) is 4.79 Å². The molecule has 1 fully saturated rings. The second kappa shape index (κ2) is 8.03. The largest absolute Gasteiger partial charge is 0.342 e. The van der Waals surface area contributed by atoms with Crippen molar-refractivity contribution in [1.82, 2.24) is 14.9 Å². The van der Waals surface area contributed by atoms with Gasteiger partial charge in [-0.25, -0.2) is 9.78 Å². The van der Waals surface area contributed by atoms with Gasteiger partial charge in [-0.15, -0.1) is 0 Å². The Balaban J connectivity index is 1.33. The van der Waals surface area contributed by atoms with E-state index in [4.69, 9.17) is 4.98 Å². The number of carbonyl (C=O) groups excluding carboxylic acids is 1. The Bertz CT molecular complexity index is 1130. The summed E-state index contributed by atoms with van der Waals surface area (Å²) < 4.78 is 0. The second-order valence-electron chi connectivity index (χ2n) is 7.77. The molecular formula is C25H24N4O. The molecule has 1 aliphatic heterocycles. The van der Waals surface area contributed by atoms with Gasteiger partial charge in [0.1, 0.15) is 5.82 Å². The van der Waals surface area contributed by atoms with E-state index in [0.29, 0.717) is 6.54 Å². The van der Waals surface area contributed by atoms with Crippen molar-refractivity contribution in [3.63, 3.8) is 0 Å². The fourth-order valence-electron chi connectivity index (χ4n) is 4.21. The highest BCUT2D eigenvalue weighted by molar-refractivity contribution is 5.94. The number of aromatic nitrogens is 2. The molecule has 0 bridgehead atoms. The van der Waals surface area contributed by atoms with Crippen LogP contribution in [0.1, 0.15) is 24.6 Å². The summed E-state index contributed by atoms with van der Waals surface area (Å²) in [5.74, 6) is 1.19. The van der Waals surface area contributed by atoms with Crippen molar-refractivity contribution in [2.75, 3.05) is 18.4 Å². The van der Waals surface area contributed by atoms with Crippen LogP contribution in [0, 0.1) is 0 Å². The van der Waals surface area contributed by atoms with Crippen LogP contribution in [0.15, 0.2) is 78.9 Å². The van der Waals surface area contributed by atoms with E-state index in [1.54, 1.807) is 0 Å². The highest BCUT2D eigenvalue weighted by atomic mass is 16.2. The fraction of sp³-hybridized carbons (Fsp3) is 0.200. The van der Waals surface area contributed by atoms with Crippen molar-refractivity contribution in [2.24, 2.45) is 0 Å². The molecule has 2 amide bonds. The Morgan fingerprint density at radius 1 is 0.967 bits per heavy atom. The summed E-state index contributed by atoms with van der Waals surface area (Å²) in [7, 11) is 0. The van der Waals surface area contributed by atoms with Gasteiger partial charge in [0.05, 0.1) is 16.7 Å². The van der Waals surface area contributed by atoms with Gasteiger partial charge in [0.2, 0.25) is 0 Å². The summed E-state index contributed by atoms with van der Waals surface area (Å²) in [6, 6.07) is 26.1. The number of amides is 2. The molecule has 1 aliphatic rings. The van der Waals surface area contributed by atoms with Gasteiger partial charge < -0.3 is 15.2 Å². The second-order valence-corrected chi connectivity index (χ2v) is 7.77. The van der Waals surface area contributed by atoms with Crippen LogP contribution in [0.4, 0.5) is 10.5 Å². The minimum absolute atomic E-state index is 0.0563. The Morgan fingerprint density at radius 3 is 2.60 bits per heavy atom. The van der Waals surface area contributed by atoms with Crippen molar-refractivity contribution in [2.45, 2.75) is 18.8 Å². The Kier molecular flexibility index (Phi) is 4.93. The van der Waals surface area contributed by atoms with Crippen molar-refractivity contribution < 1.29 is 4.79 Å². The summed E-state index contributed by atoms with van der Waals surface area (Å²) in [5, 5.41) is 3.13. The molecule has 2 heterocycles. The number of imidazole rings is 1. The first-order valence-electron chi connectivity index (χ1n) is 10.4. The number of benzene rings is 3. The highest BCUT2D eigenvalue weighted by Crippen LogP contribution is 2.30. The number of piperidine rings is 1. The van der Waals surface area contributed by atoms with Crippen molar-refractivity contribution >= 4 is 22.8 Å². The maximum Gasteiger partial charge on any atom is 0.321 e. The number of hydrogen-bond acceptors (Lipinski definition) is 2. The number of fused-ring (bicyclic) bond motifs is 1. The van der Waals surface area contributed by atoms with Gasteiger partial charge in [-0.05, 0) is 36.6 Å². The molecular weight excluding hydrogens is 372 g/mol. The molecule has 1 aromatic heterocycles.